The number of nitrogens with one attached hydrogen (secondary N) is 1. The summed E-state index contributed by atoms with van der Waals surface area (Å²) < 4.78 is 4.79. The predicted molar refractivity (Wildman–Crippen MR) is 138 cm³/mol. The molecular weight excluding hydrogens is 500 g/mol. The number of fused-ring (bicyclic) bond motifs is 1. The van der Waals surface area contributed by atoms with Crippen molar-refractivity contribution in [1.29, 1.82) is 0 Å². The minimum absolute atomic E-state index is 0.214. The van der Waals surface area contributed by atoms with Gasteiger partial charge in [0.1, 0.15) is 11.7 Å². The van der Waals surface area contributed by atoms with Crippen molar-refractivity contribution >= 4 is 17.7 Å². The lowest BCUT2D eigenvalue weighted by Crippen LogP contribution is -2.55. The van der Waals surface area contributed by atoms with E-state index in [1.54, 1.807) is 6.07 Å². The van der Waals surface area contributed by atoms with Gasteiger partial charge in [-0.15, -0.1) is 0 Å². The van der Waals surface area contributed by atoms with Crippen LogP contribution in [0, 0.1) is 5.41 Å². The number of pyridine rings is 1. The first-order chi connectivity index (χ1) is 18.6. The Hall–Kier alpha value is -3.96. The van der Waals surface area contributed by atoms with Gasteiger partial charge in [0.15, 0.2) is 0 Å². The van der Waals surface area contributed by atoms with Crippen molar-refractivity contribution in [3.63, 3.8) is 0 Å². The summed E-state index contributed by atoms with van der Waals surface area (Å²) in [6.07, 6.45) is 4.14. The molecule has 0 bridgehead atoms. The van der Waals surface area contributed by atoms with Gasteiger partial charge in [0, 0.05) is 49.8 Å². The lowest BCUT2D eigenvalue weighted by molar-refractivity contribution is -0.136. The number of hydrogen-bond donors (Lipinski definition) is 2. The molecule has 2 fully saturated rings. The van der Waals surface area contributed by atoms with E-state index in [2.05, 4.69) is 39.2 Å². The largest absolute Gasteiger partial charge is 0.385 e. The van der Waals surface area contributed by atoms with Crippen LogP contribution in [0.25, 0.3) is 11.5 Å². The quantitative estimate of drug-likeness (QED) is 0.474. The number of rotatable bonds is 5. The molecule has 11 heteroatoms. The van der Waals surface area contributed by atoms with E-state index in [9.17, 15) is 19.5 Å². The summed E-state index contributed by atoms with van der Waals surface area (Å²) in [7, 11) is 0. The van der Waals surface area contributed by atoms with E-state index in [4.69, 9.17) is 4.52 Å². The van der Waals surface area contributed by atoms with Crippen LogP contribution in [-0.2, 0) is 28.3 Å². The van der Waals surface area contributed by atoms with Gasteiger partial charge in [-0.25, -0.2) is 0 Å². The van der Waals surface area contributed by atoms with E-state index in [-0.39, 0.29) is 24.8 Å². The molecule has 202 valence electrons. The van der Waals surface area contributed by atoms with Gasteiger partial charge >= 0.3 is 0 Å². The SMILES string of the molecule is CC1(C)CN(Cc2ccc(-c3ncon3)nc2)CCC1(O)c1ccc2c(c1)CN(C1CCC(=O)NC1=O)C2=O. The molecule has 3 aromatic rings. The molecule has 2 atom stereocenters. The fourth-order valence-corrected chi connectivity index (χ4v) is 6.12. The molecular formula is C28H30N6O5. The van der Waals surface area contributed by atoms with Crippen molar-refractivity contribution in [1.82, 2.24) is 30.2 Å². The Morgan fingerprint density at radius 1 is 1.15 bits per heavy atom. The summed E-state index contributed by atoms with van der Waals surface area (Å²) in [5.74, 6) is -0.511. The number of hydrogen-bond acceptors (Lipinski definition) is 9. The number of benzene rings is 1. The fraction of sp³-hybridized carbons (Fsp3) is 0.429. The van der Waals surface area contributed by atoms with Crippen LogP contribution in [0.4, 0.5) is 0 Å². The first-order valence-electron chi connectivity index (χ1n) is 13.1. The van der Waals surface area contributed by atoms with E-state index < -0.39 is 23.0 Å². The molecule has 39 heavy (non-hydrogen) atoms. The average Bonchev–Trinajstić information content (AvgIpc) is 3.55. The van der Waals surface area contributed by atoms with E-state index in [0.717, 1.165) is 16.7 Å². The molecule has 2 aromatic heterocycles. The molecule has 2 N–H and O–H groups in total. The third-order valence-electron chi connectivity index (χ3n) is 8.35. The zero-order chi connectivity index (χ0) is 27.4. The molecule has 0 aliphatic carbocycles. The van der Waals surface area contributed by atoms with E-state index >= 15 is 0 Å². The van der Waals surface area contributed by atoms with Crippen LogP contribution < -0.4 is 5.32 Å². The Kier molecular flexibility index (Phi) is 6.07. The van der Waals surface area contributed by atoms with Gasteiger partial charge in [0.25, 0.3) is 5.91 Å². The number of amides is 3. The van der Waals surface area contributed by atoms with Crippen molar-refractivity contribution in [3.8, 4) is 11.5 Å². The third kappa shape index (κ3) is 4.41. The monoisotopic (exact) mass is 530 g/mol. The van der Waals surface area contributed by atoms with Crippen LogP contribution in [0.2, 0.25) is 0 Å². The molecule has 3 aliphatic rings. The summed E-state index contributed by atoms with van der Waals surface area (Å²) in [6, 6.07) is 8.72. The molecule has 2 unspecified atom stereocenters. The molecule has 2 saturated heterocycles. The number of carbonyl (C=O) groups excluding carboxylic acids is 3. The molecule has 0 radical (unpaired) electrons. The second-order valence-electron chi connectivity index (χ2n) is 11.3. The maximum Gasteiger partial charge on any atom is 0.255 e. The lowest BCUT2D eigenvalue weighted by Gasteiger charge is -2.50. The zero-order valence-electron chi connectivity index (χ0n) is 21.9. The molecule has 0 spiro atoms. The second-order valence-corrected chi connectivity index (χ2v) is 11.3. The molecule has 6 rings (SSSR count). The zero-order valence-corrected chi connectivity index (χ0v) is 21.9. The Balaban J connectivity index is 1.16. The topological polar surface area (TPSA) is 142 Å². The number of nitrogens with zero attached hydrogens (tertiary/aromatic N) is 5. The summed E-state index contributed by atoms with van der Waals surface area (Å²) >= 11 is 0. The van der Waals surface area contributed by atoms with Gasteiger partial charge in [0.05, 0.1) is 5.60 Å². The van der Waals surface area contributed by atoms with Crippen LogP contribution >= 0.6 is 0 Å². The normalized spacial score (nSPS) is 25.1. The van der Waals surface area contributed by atoms with Crippen molar-refractivity contribution in [2.75, 3.05) is 13.1 Å². The highest BCUT2D eigenvalue weighted by molar-refractivity contribution is 6.05. The van der Waals surface area contributed by atoms with Gasteiger partial charge in [0.2, 0.25) is 24.0 Å². The minimum Gasteiger partial charge on any atom is -0.385 e. The number of aromatic nitrogens is 3. The minimum atomic E-state index is -1.09. The number of piperidine rings is 2. The first kappa shape index (κ1) is 25.3. The average molecular weight is 531 g/mol. The molecule has 3 amide bonds. The third-order valence-corrected chi connectivity index (χ3v) is 8.35. The van der Waals surface area contributed by atoms with Crippen LogP contribution in [-0.4, -0.2) is 66.9 Å². The summed E-state index contributed by atoms with van der Waals surface area (Å²) in [5, 5.41) is 18.2. The smallest absolute Gasteiger partial charge is 0.255 e. The van der Waals surface area contributed by atoms with E-state index in [1.165, 1.54) is 11.3 Å². The Morgan fingerprint density at radius 3 is 2.69 bits per heavy atom. The van der Waals surface area contributed by atoms with Crippen LogP contribution in [0.5, 0.6) is 0 Å². The summed E-state index contributed by atoms with van der Waals surface area (Å²) in [6.45, 7) is 6.44. The van der Waals surface area contributed by atoms with Crippen LogP contribution in [0.1, 0.15) is 60.2 Å². The number of carbonyl (C=O) groups is 3. The molecule has 1 aromatic carbocycles. The van der Waals surface area contributed by atoms with Gasteiger partial charge in [-0.2, -0.15) is 4.98 Å². The second kappa shape index (κ2) is 9.35. The molecule has 3 aliphatic heterocycles. The standard InChI is InChI=1S/C28H30N6O5/c1-27(2)15-33(13-17-3-6-21(29-12-17)24-30-16-39-32-24)10-9-28(27,38)19-4-5-20-18(11-19)14-34(26(20)37)22-7-8-23(35)31-25(22)36/h3-6,11-12,16,22,38H,7-10,13-15H2,1-2H3,(H,31,35,36). The Bertz CT molecular complexity index is 1440. The number of imide groups is 1. The van der Waals surface area contributed by atoms with Gasteiger partial charge in [-0.05, 0) is 41.7 Å². The maximum absolute atomic E-state index is 13.1. The van der Waals surface area contributed by atoms with Gasteiger partial charge < -0.3 is 14.5 Å². The van der Waals surface area contributed by atoms with E-state index in [1.807, 2.05) is 30.5 Å². The molecule has 5 heterocycles. The Labute approximate surface area is 225 Å². The molecule has 0 saturated carbocycles. The first-order valence-corrected chi connectivity index (χ1v) is 13.1. The molecule has 11 nitrogen and oxygen atoms in total. The van der Waals surface area contributed by atoms with Gasteiger partial charge in [-0.3, -0.25) is 29.6 Å². The van der Waals surface area contributed by atoms with Crippen molar-refractivity contribution < 1.29 is 24.0 Å². The maximum atomic E-state index is 13.1. The Morgan fingerprint density at radius 2 is 2.00 bits per heavy atom. The van der Waals surface area contributed by atoms with Crippen LogP contribution in [0.15, 0.2) is 47.4 Å². The predicted octanol–water partition coefficient (Wildman–Crippen LogP) is 2.01. The highest BCUT2D eigenvalue weighted by Gasteiger charge is 2.49. The summed E-state index contributed by atoms with van der Waals surface area (Å²) in [4.78, 5) is 49.4. The lowest BCUT2D eigenvalue weighted by atomic mass is 9.66. The fourth-order valence-electron chi connectivity index (χ4n) is 6.12. The van der Waals surface area contributed by atoms with Crippen molar-refractivity contribution in [2.24, 2.45) is 5.41 Å². The number of aliphatic hydroxyl groups is 1. The number of likely N-dealkylation sites (tertiary alicyclic amines) is 1. The van der Waals surface area contributed by atoms with E-state index in [0.29, 0.717) is 49.6 Å². The highest BCUT2D eigenvalue weighted by atomic mass is 16.5. The highest BCUT2D eigenvalue weighted by Crippen LogP contribution is 2.47. The summed E-state index contributed by atoms with van der Waals surface area (Å²) in [5.41, 5.74) is 2.23. The van der Waals surface area contributed by atoms with Gasteiger partial charge in [-0.1, -0.05) is 37.2 Å². The van der Waals surface area contributed by atoms with Crippen molar-refractivity contribution in [2.45, 2.75) is 57.8 Å². The van der Waals surface area contributed by atoms with Crippen LogP contribution in [0.3, 0.4) is 0 Å². The van der Waals surface area contributed by atoms with Crippen molar-refractivity contribution in [3.05, 3.63) is 65.2 Å².